The predicted molar refractivity (Wildman–Crippen MR) is 79.0 cm³/mol. The highest BCUT2D eigenvalue weighted by atomic mass is 16.5. The molecule has 0 saturated heterocycles. The molecule has 2 amide bonds. The van der Waals surface area contributed by atoms with E-state index in [1.165, 1.54) is 4.90 Å². The van der Waals surface area contributed by atoms with E-state index in [-0.39, 0.29) is 12.1 Å². The molecule has 0 fully saturated rings. The molecule has 0 heterocycles. The zero-order valence-electron chi connectivity index (χ0n) is 12.6. The smallest absolute Gasteiger partial charge is 0.317 e. The molecular weight excluding hydrogens is 256 g/mol. The van der Waals surface area contributed by atoms with Gasteiger partial charge in [0, 0.05) is 13.6 Å². The average molecular weight is 280 g/mol. The van der Waals surface area contributed by atoms with E-state index in [9.17, 15) is 9.90 Å². The lowest BCUT2D eigenvalue weighted by atomic mass is 10.2. The van der Waals surface area contributed by atoms with Crippen molar-refractivity contribution < 1.29 is 14.6 Å². The van der Waals surface area contributed by atoms with E-state index in [1.54, 1.807) is 14.0 Å². The van der Waals surface area contributed by atoms with Crippen molar-refractivity contribution in [3.05, 3.63) is 29.8 Å². The van der Waals surface area contributed by atoms with Gasteiger partial charge < -0.3 is 20.1 Å². The van der Waals surface area contributed by atoms with E-state index < -0.39 is 6.10 Å². The summed E-state index contributed by atoms with van der Waals surface area (Å²) in [4.78, 5) is 13.3. The summed E-state index contributed by atoms with van der Waals surface area (Å²) in [6.45, 7) is 6.21. The number of likely N-dealkylation sites (N-methyl/N-ethyl adjacent to an activating group) is 1. The molecule has 0 unspecified atom stereocenters. The van der Waals surface area contributed by atoms with Crippen molar-refractivity contribution in [3.63, 3.8) is 0 Å². The Bertz CT molecular complexity index is 435. The summed E-state index contributed by atoms with van der Waals surface area (Å²) in [6.07, 6.45) is -0.538. The number of carbonyl (C=O) groups excluding carboxylic acids is 1. The molecule has 0 radical (unpaired) electrons. The second kappa shape index (κ2) is 7.75. The lowest BCUT2D eigenvalue weighted by molar-refractivity contribution is 0.141. The Balaban J connectivity index is 2.38. The van der Waals surface area contributed by atoms with Crippen molar-refractivity contribution in [2.24, 2.45) is 0 Å². The average Bonchev–Trinajstić information content (AvgIpc) is 2.37. The number of benzene rings is 1. The quantitative estimate of drug-likeness (QED) is 0.835. The topological polar surface area (TPSA) is 61.8 Å². The minimum atomic E-state index is -0.538. The van der Waals surface area contributed by atoms with Crippen LogP contribution < -0.4 is 10.1 Å². The van der Waals surface area contributed by atoms with Crippen LogP contribution in [0.4, 0.5) is 4.79 Å². The van der Waals surface area contributed by atoms with Gasteiger partial charge in [-0.15, -0.1) is 0 Å². The van der Waals surface area contributed by atoms with Gasteiger partial charge in [0.2, 0.25) is 0 Å². The van der Waals surface area contributed by atoms with Crippen LogP contribution in [0.2, 0.25) is 0 Å². The first-order valence-corrected chi connectivity index (χ1v) is 6.78. The number of hydrogen-bond acceptors (Lipinski definition) is 3. The SMILES string of the molecule is Cc1ccccc1OC[C@@H](C)NC(=O)N(C)C[C@H](C)O. The molecule has 112 valence electrons. The van der Waals surface area contributed by atoms with Crippen LogP contribution in [0.15, 0.2) is 24.3 Å². The van der Waals surface area contributed by atoms with Gasteiger partial charge in [-0.05, 0) is 32.4 Å². The third kappa shape index (κ3) is 5.48. The Kier molecular flexibility index (Phi) is 6.31. The minimum absolute atomic E-state index is 0.112. The Labute approximate surface area is 120 Å². The van der Waals surface area contributed by atoms with Crippen LogP contribution in [0.3, 0.4) is 0 Å². The first kappa shape index (κ1) is 16.3. The highest BCUT2D eigenvalue weighted by molar-refractivity contribution is 5.74. The molecule has 1 rings (SSSR count). The zero-order valence-corrected chi connectivity index (χ0v) is 12.6. The van der Waals surface area contributed by atoms with Crippen LogP contribution >= 0.6 is 0 Å². The van der Waals surface area contributed by atoms with Gasteiger partial charge in [0.25, 0.3) is 0 Å². The number of nitrogens with zero attached hydrogens (tertiary/aromatic N) is 1. The van der Waals surface area contributed by atoms with Crippen molar-refractivity contribution >= 4 is 6.03 Å². The lowest BCUT2D eigenvalue weighted by Gasteiger charge is -2.22. The van der Waals surface area contributed by atoms with Crippen LogP contribution in [0, 0.1) is 6.92 Å². The molecule has 0 aliphatic rings. The summed E-state index contributed by atoms with van der Waals surface area (Å²) in [7, 11) is 1.65. The van der Waals surface area contributed by atoms with Crippen molar-refractivity contribution in [2.45, 2.75) is 32.9 Å². The maximum absolute atomic E-state index is 11.8. The van der Waals surface area contributed by atoms with Gasteiger partial charge >= 0.3 is 6.03 Å². The largest absolute Gasteiger partial charge is 0.491 e. The summed E-state index contributed by atoms with van der Waals surface area (Å²) < 4.78 is 5.68. The fourth-order valence-corrected chi connectivity index (χ4v) is 1.78. The van der Waals surface area contributed by atoms with Gasteiger partial charge in [-0.25, -0.2) is 4.79 Å². The molecule has 0 aliphatic heterocycles. The molecule has 0 aliphatic carbocycles. The van der Waals surface area contributed by atoms with Crippen molar-refractivity contribution in [1.82, 2.24) is 10.2 Å². The first-order valence-electron chi connectivity index (χ1n) is 6.78. The normalized spacial score (nSPS) is 13.4. The number of nitrogens with one attached hydrogen (secondary N) is 1. The maximum atomic E-state index is 11.8. The molecule has 1 aromatic carbocycles. The molecule has 5 heteroatoms. The predicted octanol–water partition coefficient (Wildman–Crippen LogP) is 1.78. The summed E-state index contributed by atoms with van der Waals surface area (Å²) >= 11 is 0. The number of rotatable bonds is 6. The van der Waals surface area contributed by atoms with Gasteiger partial charge in [0.1, 0.15) is 12.4 Å². The number of amides is 2. The van der Waals surface area contributed by atoms with E-state index in [0.29, 0.717) is 13.2 Å². The molecule has 5 nitrogen and oxygen atoms in total. The van der Waals surface area contributed by atoms with Crippen LogP contribution in [-0.2, 0) is 0 Å². The highest BCUT2D eigenvalue weighted by Gasteiger charge is 2.14. The van der Waals surface area contributed by atoms with E-state index in [1.807, 2.05) is 38.1 Å². The van der Waals surface area contributed by atoms with E-state index in [2.05, 4.69) is 5.32 Å². The Hall–Kier alpha value is -1.75. The standard InChI is InChI=1S/C15H24N2O3/c1-11-7-5-6-8-14(11)20-10-12(2)16-15(19)17(4)9-13(3)18/h5-8,12-13,18H,9-10H2,1-4H3,(H,16,19)/t12-,13+/m1/s1. The second-order valence-corrected chi connectivity index (χ2v) is 5.16. The monoisotopic (exact) mass is 280 g/mol. The van der Waals surface area contributed by atoms with Gasteiger partial charge in [-0.3, -0.25) is 0 Å². The van der Waals surface area contributed by atoms with Crippen molar-refractivity contribution in [3.8, 4) is 5.75 Å². The van der Waals surface area contributed by atoms with Crippen LogP contribution in [0.1, 0.15) is 19.4 Å². The van der Waals surface area contributed by atoms with Crippen LogP contribution in [-0.4, -0.2) is 48.4 Å². The summed E-state index contributed by atoms with van der Waals surface area (Å²) in [5.74, 6) is 0.825. The molecule has 0 spiro atoms. The fourth-order valence-electron chi connectivity index (χ4n) is 1.78. The van der Waals surface area contributed by atoms with E-state index in [0.717, 1.165) is 11.3 Å². The van der Waals surface area contributed by atoms with Gasteiger partial charge in [-0.2, -0.15) is 0 Å². The first-order chi connectivity index (χ1) is 9.40. The van der Waals surface area contributed by atoms with Gasteiger partial charge in [0.15, 0.2) is 0 Å². The van der Waals surface area contributed by atoms with Crippen LogP contribution in [0.5, 0.6) is 5.75 Å². The van der Waals surface area contributed by atoms with E-state index in [4.69, 9.17) is 4.74 Å². The number of urea groups is 1. The van der Waals surface area contributed by atoms with Crippen LogP contribution in [0.25, 0.3) is 0 Å². The molecule has 0 bridgehead atoms. The minimum Gasteiger partial charge on any atom is -0.491 e. The molecule has 0 aromatic heterocycles. The van der Waals surface area contributed by atoms with Gasteiger partial charge in [0.05, 0.1) is 12.1 Å². The number of ether oxygens (including phenoxy) is 1. The third-order valence-corrected chi connectivity index (χ3v) is 2.84. The van der Waals surface area contributed by atoms with E-state index >= 15 is 0 Å². The highest BCUT2D eigenvalue weighted by Crippen LogP contribution is 2.16. The Morgan fingerprint density at radius 1 is 1.40 bits per heavy atom. The summed E-state index contributed by atoms with van der Waals surface area (Å²) in [6, 6.07) is 7.43. The second-order valence-electron chi connectivity index (χ2n) is 5.16. The zero-order chi connectivity index (χ0) is 15.1. The molecule has 0 saturated carbocycles. The number of aliphatic hydroxyl groups excluding tert-OH is 1. The molecule has 1 aromatic rings. The lowest BCUT2D eigenvalue weighted by Crippen LogP contribution is -2.46. The van der Waals surface area contributed by atoms with Gasteiger partial charge in [-0.1, -0.05) is 18.2 Å². The molecule has 20 heavy (non-hydrogen) atoms. The Morgan fingerprint density at radius 2 is 2.05 bits per heavy atom. The number of carbonyl (C=O) groups is 1. The maximum Gasteiger partial charge on any atom is 0.317 e. The summed E-state index contributed by atoms with van der Waals surface area (Å²) in [5, 5.41) is 12.1. The number of aryl methyl sites for hydroxylation is 1. The number of para-hydroxylation sites is 1. The fraction of sp³-hybridized carbons (Fsp3) is 0.533. The summed E-state index contributed by atoms with van der Waals surface area (Å²) in [5.41, 5.74) is 1.07. The number of aliphatic hydroxyl groups is 1. The third-order valence-electron chi connectivity index (χ3n) is 2.84. The molecule has 2 N–H and O–H groups in total. The van der Waals surface area contributed by atoms with Crippen molar-refractivity contribution in [2.75, 3.05) is 20.2 Å². The molecular formula is C15H24N2O3. The number of hydrogen-bond donors (Lipinski definition) is 2. The Morgan fingerprint density at radius 3 is 2.65 bits per heavy atom. The van der Waals surface area contributed by atoms with Crippen molar-refractivity contribution in [1.29, 1.82) is 0 Å². The molecule has 2 atom stereocenters.